The third-order valence-electron chi connectivity index (χ3n) is 3.26. The normalized spacial score (nSPS) is 10.4. The minimum absolute atomic E-state index is 0.382. The van der Waals surface area contributed by atoms with Crippen molar-refractivity contribution in [3.05, 3.63) is 42.2 Å². The highest BCUT2D eigenvalue weighted by molar-refractivity contribution is 5.90. The molecular weight excluding hydrogens is 332 g/mol. The number of anilines is 1. The summed E-state index contributed by atoms with van der Waals surface area (Å²) in [7, 11) is 3.14. The summed E-state index contributed by atoms with van der Waals surface area (Å²) >= 11 is 0. The lowest BCUT2D eigenvalue weighted by Gasteiger charge is -2.19. The molecule has 0 atom stereocenters. The highest BCUT2D eigenvalue weighted by Crippen LogP contribution is 2.24. The Kier molecular flexibility index (Phi) is 7.43. The first-order valence-electron chi connectivity index (χ1n) is 8.55. The van der Waals surface area contributed by atoms with E-state index in [-0.39, 0.29) is 5.97 Å². The summed E-state index contributed by atoms with van der Waals surface area (Å²) in [5.74, 6) is -0.382. The average Bonchev–Trinajstić information content (AvgIpc) is 2.96. The van der Waals surface area contributed by atoms with Crippen LogP contribution in [0.5, 0.6) is 0 Å². The third-order valence-corrected chi connectivity index (χ3v) is 3.26. The van der Waals surface area contributed by atoms with Crippen molar-refractivity contribution < 1.29 is 19.1 Å². The van der Waals surface area contributed by atoms with E-state index in [1.807, 2.05) is 52.9 Å². The zero-order valence-corrected chi connectivity index (χ0v) is 16.5. The zero-order chi connectivity index (χ0) is 19.9. The van der Waals surface area contributed by atoms with Crippen molar-refractivity contribution in [2.45, 2.75) is 40.2 Å². The van der Waals surface area contributed by atoms with Crippen LogP contribution in [0.2, 0.25) is 0 Å². The largest absolute Gasteiger partial charge is 0.464 e. The SMILES string of the molecule is CC.COC(=O)c1cc(-c2ccc(NC(=O)OC(C)(C)C)cc2)cn1C. The number of rotatable bonds is 3. The predicted octanol–water partition coefficient (Wildman–Crippen LogP) is 4.85. The van der Waals surface area contributed by atoms with E-state index >= 15 is 0 Å². The lowest BCUT2D eigenvalue weighted by Crippen LogP contribution is -2.27. The molecule has 1 aromatic carbocycles. The molecule has 2 aromatic rings. The molecule has 0 aliphatic heterocycles. The van der Waals surface area contributed by atoms with Crippen LogP contribution in [0.3, 0.4) is 0 Å². The number of nitrogens with zero attached hydrogens (tertiary/aromatic N) is 1. The molecule has 6 nitrogen and oxygen atoms in total. The van der Waals surface area contributed by atoms with Gasteiger partial charge in [0.1, 0.15) is 11.3 Å². The molecule has 0 saturated carbocycles. The molecule has 0 bridgehead atoms. The number of methoxy groups -OCH3 is 1. The number of esters is 1. The van der Waals surface area contributed by atoms with Crippen LogP contribution in [0.1, 0.15) is 45.1 Å². The number of aromatic nitrogens is 1. The minimum atomic E-state index is -0.543. The zero-order valence-electron chi connectivity index (χ0n) is 16.5. The number of nitrogens with one attached hydrogen (secondary N) is 1. The van der Waals surface area contributed by atoms with E-state index in [2.05, 4.69) is 5.32 Å². The van der Waals surface area contributed by atoms with Gasteiger partial charge in [-0.2, -0.15) is 0 Å². The second-order valence-electron chi connectivity index (χ2n) is 6.42. The Hall–Kier alpha value is -2.76. The van der Waals surface area contributed by atoms with E-state index in [0.717, 1.165) is 11.1 Å². The summed E-state index contributed by atoms with van der Waals surface area (Å²) in [6.07, 6.45) is 1.35. The second-order valence-corrected chi connectivity index (χ2v) is 6.42. The molecule has 1 N–H and O–H groups in total. The van der Waals surface area contributed by atoms with Crippen LogP contribution in [0, 0.1) is 0 Å². The molecule has 1 aromatic heterocycles. The molecule has 26 heavy (non-hydrogen) atoms. The molecule has 0 saturated heterocycles. The number of benzene rings is 1. The summed E-state index contributed by atoms with van der Waals surface area (Å²) in [4.78, 5) is 23.4. The fraction of sp³-hybridized carbons (Fsp3) is 0.400. The molecule has 1 heterocycles. The van der Waals surface area contributed by atoms with E-state index < -0.39 is 11.7 Å². The Morgan fingerprint density at radius 2 is 1.62 bits per heavy atom. The van der Waals surface area contributed by atoms with Gasteiger partial charge in [-0.3, -0.25) is 5.32 Å². The van der Waals surface area contributed by atoms with Gasteiger partial charge in [0.2, 0.25) is 0 Å². The Morgan fingerprint density at radius 1 is 1.04 bits per heavy atom. The molecule has 0 unspecified atom stereocenters. The van der Waals surface area contributed by atoms with Crippen molar-refractivity contribution in [3.63, 3.8) is 0 Å². The maximum atomic E-state index is 11.8. The maximum Gasteiger partial charge on any atom is 0.412 e. The molecule has 1 amide bonds. The monoisotopic (exact) mass is 360 g/mol. The standard InChI is InChI=1S/C18H22N2O4.C2H6/c1-18(2,3)24-17(22)19-14-8-6-12(7-9-14)13-10-15(16(21)23-5)20(4)11-13;1-2/h6-11H,1-5H3,(H,19,22);1-2H3. The van der Waals surface area contributed by atoms with Gasteiger partial charge in [-0.25, -0.2) is 9.59 Å². The third kappa shape index (κ3) is 5.95. The van der Waals surface area contributed by atoms with E-state index in [4.69, 9.17) is 9.47 Å². The van der Waals surface area contributed by atoms with Crippen LogP contribution in [0.25, 0.3) is 11.1 Å². The topological polar surface area (TPSA) is 69.6 Å². The van der Waals surface area contributed by atoms with Crippen molar-refractivity contribution in [3.8, 4) is 11.1 Å². The highest BCUT2D eigenvalue weighted by Gasteiger charge is 2.16. The van der Waals surface area contributed by atoms with Crippen LogP contribution >= 0.6 is 0 Å². The second kappa shape index (κ2) is 9.08. The van der Waals surface area contributed by atoms with Gasteiger partial charge in [0.15, 0.2) is 0 Å². The molecule has 0 fully saturated rings. The number of hydrogen-bond donors (Lipinski definition) is 1. The Bertz CT molecular complexity index is 740. The number of ether oxygens (including phenoxy) is 2. The average molecular weight is 360 g/mol. The van der Waals surface area contributed by atoms with Crippen molar-refractivity contribution in [1.82, 2.24) is 4.57 Å². The molecule has 6 heteroatoms. The number of aryl methyl sites for hydroxylation is 1. The molecule has 142 valence electrons. The first kappa shape index (κ1) is 21.3. The Morgan fingerprint density at radius 3 is 2.12 bits per heavy atom. The van der Waals surface area contributed by atoms with Gasteiger partial charge in [-0.1, -0.05) is 26.0 Å². The summed E-state index contributed by atoms with van der Waals surface area (Å²) in [6, 6.07) is 9.06. The van der Waals surface area contributed by atoms with Gasteiger partial charge >= 0.3 is 12.1 Å². The molecule has 0 aliphatic carbocycles. The van der Waals surface area contributed by atoms with Gasteiger partial charge < -0.3 is 14.0 Å². The van der Waals surface area contributed by atoms with Gasteiger partial charge in [0, 0.05) is 24.5 Å². The fourth-order valence-electron chi connectivity index (χ4n) is 2.20. The highest BCUT2D eigenvalue weighted by atomic mass is 16.6. The molecule has 0 radical (unpaired) electrons. The lowest BCUT2D eigenvalue weighted by atomic mass is 10.1. The quantitative estimate of drug-likeness (QED) is 0.794. The predicted molar refractivity (Wildman–Crippen MR) is 103 cm³/mol. The van der Waals surface area contributed by atoms with Crippen molar-refractivity contribution in [2.24, 2.45) is 7.05 Å². The summed E-state index contributed by atoms with van der Waals surface area (Å²) in [5, 5.41) is 2.68. The van der Waals surface area contributed by atoms with Crippen molar-refractivity contribution >= 4 is 17.7 Å². The molecular formula is C20H28N2O4. The number of amides is 1. The van der Waals surface area contributed by atoms with Gasteiger partial charge in [0.25, 0.3) is 0 Å². The first-order valence-corrected chi connectivity index (χ1v) is 8.55. The van der Waals surface area contributed by atoms with Crippen LogP contribution in [-0.2, 0) is 16.5 Å². The van der Waals surface area contributed by atoms with Crippen LogP contribution in [0.15, 0.2) is 36.5 Å². The Labute approximate surface area is 155 Å². The maximum absolute atomic E-state index is 11.8. The first-order chi connectivity index (χ1) is 12.2. The van der Waals surface area contributed by atoms with Crippen LogP contribution in [0.4, 0.5) is 10.5 Å². The molecule has 0 spiro atoms. The number of hydrogen-bond acceptors (Lipinski definition) is 4. The molecule has 2 rings (SSSR count). The minimum Gasteiger partial charge on any atom is -0.464 e. The summed E-state index contributed by atoms with van der Waals surface area (Å²) < 4.78 is 11.7. The van der Waals surface area contributed by atoms with Gasteiger partial charge in [-0.15, -0.1) is 0 Å². The lowest BCUT2D eigenvalue weighted by molar-refractivity contribution is 0.0588. The van der Waals surface area contributed by atoms with E-state index in [9.17, 15) is 9.59 Å². The number of carbonyl (C=O) groups excluding carboxylic acids is 2. The summed E-state index contributed by atoms with van der Waals surface area (Å²) in [6.45, 7) is 9.43. The van der Waals surface area contributed by atoms with Crippen LogP contribution in [-0.4, -0.2) is 29.3 Å². The summed E-state index contributed by atoms with van der Waals surface area (Å²) in [5.41, 5.74) is 2.39. The van der Waals surface area contributed by atoms with Gasteiger partial charge in [-0.05, 0) is 44.5 Å². The van der Waals surface area contributed by atoms with E-state index in [1.54, 1.807) is 29.8 Å². The van der Waals surface area contributed by atoms with Crippen LogP contribution < -0.4 is 5.32 Å². The smallest absolute Gasteiger partial charge is 0.412 e. The van der Waals surface area contributed by atoms with Crippen molar-refractivity contribution in [2.75, 3.05) is 12.4 Å². The fourth-order valence-corrected chi connectivity index (χ4v) is 2.20. The van der Waals surface area contributed by atoms with Gasteiger partial charge in [0.05, 0.1) is 7.11 Å². The van der Waals surface area contributed by atoms with E-state index in [1.165, 1.54) is 7.11 Å². The number of carbonyl (C=O) groups is 2. The van der Waals surface area contributed by atoms with Crippen molar-refractivity contribution in [1.29, 1.82) is 0 Å². The van der Waals surface area contributed by atoms with E-state index in [0.29, 0.717) is 11.4 Å². The molecule has 0 aliphatic rings. The Balaban J connectivity index is 0.00000163.